The molecule has 2 N–H and O–H groups in total. The van der Waals surface area contributed by atoms with Gasteiger partial charge in [0.2, 0.25) is 5.91 Å². The minimum atomic E-state index is 0.135. The van der Waals surface area contributed by atoms with Crippen LogP contribution in [0, 0.1) is 0 Å². The van der Waals surface area contributed by atoms with E-state index in [-0.39, 0.29) is 5.91 Å². The molecular weight excluding hydrogens is 176 g/mol. The minimum absolute atomic E-state index is 0.135. The summed E-state index contributed by atoms with van der Waals surface area (Å²) in [6.07, 6.45) is 9.60. The van der Waals surface area contributed by atoms with Crippen LogP contribution in [0.15, 0.2) is 12.2 Å². The molecule has 0 aliphatic heterocycles. The lowest BCUT2D eigenvalue weighted by molar-refractivity contribution is -0.120. The maximum atomic E-state index is 10.9. The van der Waals surface area contributed by atoms with Gasteiger partial charge in [-0.3, -0.25) is 4.79 Å². The second kappa shape index (κ2) is 6.60. The first kappa shape index (κ1) is 11.2. The number of rotatable bonds is 5. The third-order valence-corrected chi connectivity index (χ3v) is 2.56. The van der Waals surface area contributed by atoms with Crippen LogP contribution in [-0.4, -0.2) is 25.5 Å². The van der Waals surface area contributed by atoms with E-state index in [2.05, 4.69) is 22.8 Å². The molecule has 0 radical (unpaired) electrons. The highest BCUT2D eigenvalue weighted by Gasteiger charge is 2.08. The van der Waals surface area contributed by atoms with Gasteiger partial charge in [-0.05, 0) is 32.2 Å². The van der Waals surface area contributed by atoms with Crippen LogP contribution in [0.3, 0.4) is 0 Å². The van der Waals surface area contributed by atoms with Gasteiger partial charge in [0.05, 0.1) is 0 Å². The van der Waals surface area contributed by atoms with E-state index in [4.69, 9.17) is 0 Å². The van der Waals surface area contributed by atoms with E-state index in [1.165, 1.54) is 12.8 Å². The van der Waals surface area contributed by atoms with E-state index in [9.17, 15) is 4.79 Å². The zero-order chi connectivity index (χ0) is 10.2. The summed E-state index contributed by atoms with van der Waals surface area (Å²) in [4.78, 5) is 10.9. The Morgan fingerprint density at radius 3 is 3.00 bits per heavy atom. The van der Waals surface area contributed by atoms with E-state index in [0.717, 1.165) is 19.4 Å². The van der Waals surface area contributed by atoms with Crippen molar-refractivity contribution in [2.45, 2.75) is 38.1 Å². The lowest BCUT2D eigenvalue weighted by Gasteiger charge is -2.19. The molecule has 1 atom stereocenters. The van der Waals surface area contributed by atoms with Crippen LogP contribution in [0.5, 0.6) is 0 Å². The van der Waals surface area contributed by atoms with E-state index in [0.29, 0.717) is 12.5 Å². The van der Waals surface area contributed by atoms with Gasteiger partial charge in [-0.1, -0.05) is 12.2 Å². The summed E-state index contributed by atoms with van der Waals surface area (Å²) < 4.78 is 0. The molecule has 80 valence electrons. The molecular formula is C11H20N2O. The highest BCUT2D eigenvalue weighted by molar-refractivity contribution is 5.75. The predicted molar refractivity (Wildman–Crippen MR) is 58.1 cm³/mol. The molecule has 0 spiro atoms. The molecule has 0 fully saturated rings. The van der Waals surface area contributed by atoms with Crippen LogP contribution < -0.4 is 10.6 Å². The number of carbonyl (C=O) groups is 1. The number of amides is 1. The summed E-state index contributed by atoms with van der Waals surface area (Å²) >= 11 is 0. The monoisotopic (exact) mass is 196 g/mol. The van der Waals surface area contributed by atoms with Crippen LogP contribution in [0.25, 0.3) is 0 Å². The Balaban J connectivity index is 1.98. The molecule has 1 unspecified atom stereocenters. The zero-order valence-corrected chi connectivity index (χ0v) is 8.88. The first-order valence-corrected chi connectivity index (χ1v) is 5.42. The first-order chi connectivity index (χ1) is 6.83. The maximum absolute atomic E-state index is 10.9. The second-order valence-corrected chi connectivity index (χ2v) is 3.71. The molecule has 0 aromatic rings. The zero-order valence-electron chi connectivity index (χ0n) is 8.88. The molecule has 14 heavy (non-hydrogen) atoms. The van der Waals surface area contributed by atoms with Crippen molar-refractivity contribution in [2.24, 2.45) is 0 Å². The molecule has 1 aliphatic rings. The molecule has 0 bridgehead atoms. The van der Waals surface area contributed by atoms with Gasteiger partial charge in [0.15, 0.2) is 0 Å². The fourth-order valence-electron chi connectivity index (χ4n) is 1.66. The van der Waals surface area contributed by atoms with Crippen LogP contribution >= 0.6 is 0 Å². The Labute approximate surface area is 86.0 Å². The van der Waals surface area contributed by atoms with E-state index >= 15 is 0 Å². The van der Waals surface area contributed by atoms with Crippen LogP contribution in [0.2, 0.25) is 0 Å². The Bertz CT molecular complexity index is 201. The molecule has 3 nitrogen and oxygen atoms in total. The van der Waals surface area contributed by atoms with E-state index in [1.54, 1.807) is 7.05 Å². The SMILES string of the molecule is CNC(=O)CCCNC1CC=CCC1. The molecule has 0 heterocycles. The van der Waals surface area contributed by atoms with Gasteiger partial charge in [0.25, 0.3) is 0 Å². The summed E-state index contributed by atoms with van der Waals surface area (Å²) in [6.45, 7) is 0.950. The average molecular weight is 196 g/mol. The third kappa shape index (κ3) is 4.42. The lowest BCUT2D eigenvalue weighted by atomic mass is 10.0. The summed E-state index contributed by atoms with van der Waals surface area (Å²) in [5, 5.41) is 6.10. The van der Waals surface area contributed by atoms with Gasteiger partial charge in [-0.2, -0.15) is 0 Å². The van der Waals surface area contributed by atoms with Gasteiger partial charge in [0, 0.05) is 19.5 Å². The summed E-state index contributed by atoms with van der Waals surface area (Å²) in [7, 11) is 1.68. The molecule has 0 saturated carbocycles. The number of hydrogen-bond donors (Lipinski definition) is 2. The normalized spacial score (nSPS) is 20.8. The smallest absolute Gasteiger partial charge is 0.219 e. The minimum Gasteiger partial charge on any atom is -0.359 e. The van der Waals surface area contributed by atoms with Crippen molar-refractivity contribution in [3.8, 4) is 0 Å². The fraction of sp³-hybridized carbons (Fsp3) is 0.727. The molecule has 3 heteroatoms. The van der Waals surface area contributed by atoms with Crippen molar-refractivity contribution in [3.05, 3.63) is 12.2 Å². The van der Waals surface area contributed by atoms with Gasteiger partial charge in [-0.15, -0.1) is 0 Å². The van der Waals surface area contributed by atoms with Crippen molar-refractivity contribution in [1.82, 2.24) is 10.6 Å². The van der Waals surface area contributed by atoms with Crippen LogP contribution in [-0.2, 0) is 4.79 Å². The number of nitrogens with one attached hydrogen (secondary N) is 2. The number of allylic oxidation sites excluding steroid dienone is 1. The first-order valence-electron chi connectivity index (χ1n) is 5.42. The number of hydrogen-bond acceptors (Lipinski definition) is 2. The van der Waals surface area contributed by atoms with Gasteiger partial charge in [-0.25, -0.2) is 0 Å². The fourth-order valence-corrected chi connectivity index (χ4v) is 1.66. The maximum Gasteiger partial charge on any atom is 0.219 e. The summed E-state index contributed by atoms with van der Waals surface area (Å²) in [5.41, 5.74) is 0. The largest absolute Gasteiger partial charge is 0.359 e. The Morgan fingerprint density at radius 2 is 2.36 bits per heavy atom. The van der Waals surface area contributed by atoms with Crippen molar-refractivity contribution < 1.29 is 4.79 Å². The second-order valence-electron chi connectivity index (χ2n) is 3.71. The third-order valence-electron chi connectivity index (χ3n) is 2.56. The molecule has 0 saturated heterocycles. The highest BCUT2D eigenvalue weighted by atomic mass is 16.1. The van der Waals surface area contributed by atoms with Crippen molar-refractivity contribution in [3.63, 3.8) is 0 Å². The predicted octanol–water partition coefficient (Wildman–Crippen LogP) is 1.21. The Morgan fingerprint density at radius 1 is 1.50 bits per heavy atom. The van der Waals surface area contributed by atoms with Crippen molar-refractivity contribution in [1.29, 1.82) is 0 Å². The average Bonchev–Trinajstić information content (AvgIpc) is 2.25. The summed E-state index contributed by atoms with van der Waals surface area (Å²) in [5.74, 6) is 0.135. The standard InChI is InChI=1S/C11H20N2O/c1-12-11(14)8-5-9-13-10-6-3-2-4-7-10/h2-3,10,13H,4-9H2,1H3,(H,12,14). The number of carbonyl (C=O) groups excluding carboxylic acids is 1. The Hall–Kier alpha value is -0.830. The highest BCUT2D eigenvalue weighted by Crippen LogP contribution is 2.10. The van der Waals surface area contributed by atoms with E-state index < -0.39 is 0 Å². The van der Waals surface area contributed by atoms with Crippen molar-refractivity contribution >= 4 is 5.91 Å². The Kier molecular flexibility index (Phi) is 5.30. The van der Waals surface area contributed by atoms with Crippen molar-refractivity contribution in [2.75, 3.05) is 13.6 Å². The molecule has 1 aliphatic carbocycles. The van der Waals surface area contributed by atoms with Gasteiger partial charge >= 0.3 is 0 Å². The quantitative estimate of drug-likeness (QED) is 0.512. The summed E-state index contributed by atoms with van der Waals surface area (Å²) in [6, 6.07) is 0.629. The molecule has 1 rings (SSSR count). The lowest BCUT2D eigenvalue weighted by Crippen LogP contribution is -2.31. The van der Waals surface area contributed by atoms with Gasteiger partial charge in [0.1, 0.15) is 0 Å². The van der Waals surface area contributed by atoms with E-state index in [1.807, 2.05) is 0 Å². The van der Waals surface area contributed by atoms with Crippen LogP contribution in [0.4, 0.5) is 0 Å². The molecule has 0 aromatic heterocycles. The van der Waals surface area contributed by atoms with Crippen LogP contribution in [0.1, 0.15) is 32.1 Å². The topological polar surface area (TPSA) is 41.1 Å². The van der Waals surface area contributed by atoms with Gasteiger partial charge < -0.3 is 10.6 Å². The molecule has 0 aromatic carbocycles. The molecule has 1 amide bonds.